The number of benzene rings is 1. The number of rotatable bonds is 7. The van der Waals surface area contributed by atoms with E-state index in [-0.39, 0.29) is 0 Å². The second-order valence-electron chi connectivity index (χ2n) is 8.97. The zero-order valence-corrected chi connectivity index (χ0v) is 20.0. The van der Waals surface area contributed by atoms with Crippen molar-refractivity contribution in [3.05, 3.63) is 46.3 Å². The fourth-order valence-electron chi connectivity index (χ4n) is 4.67. The van der Waals surface area contributed by atoms with Gasteiger partial charge in [-0.1, -0.05) is 55.5 Å². The van der Waals surface area contributed by atoms with Gasteiger partial charge in [-0.05, 0) is 50.3 Å². The van der Waals surface area contributed by atoms with E-state index in [9.17, 15) is 0 Å². The molecule has 0 saturated heterocycles. The molecule has 7 heteroatoms. The Kier molecular flexibility index (Phi) is 6.38. The zero-order chi connectivity index (χ0) is 22.1. The summed E-state index contributed by atoms with van der Waals surface area (Å²) in [5.41, 5.74) is 3.84. The molecule has 3 aromatic rings. The number of hydrogen-bond donors (Lipinski definition) is 1. The predicted octanol–water partition coefficient (Wildman–Crippen LogP) is 7.35. The van der Waals surface area contributed by atoms with Crippen molar-refractivity contribution in [1.82, 2.24) is 19.5 Å². The average Bonchev–Trinajstić information content (AvgIpc) is 3.54. The van der Waals surface area contributed by atoms with E-state index in [0.29, 0.717) is 28.0 Å². The molecule has 5 rings (SSSR count). The first-order chi connectivity index (χ1) is 15.6. The molecule has 0 aliphatic heterocycles. The molecule has 32 heavy (non-hydrogen) atoms. The van der Waals surface area contributed by atoms with Crippen LogP contribution >= 0.6 is 23.2 Å². The van der Waals surface area contributed by atoms with Crippen molar-refractivity contribution in [2.45, 2.75) is 76.8 Å². The van der Waals surface area contributed by atoms with E-state index in [2.05, 4.69) is 21.8 Å². The summed E-state index contributed by atoms with van der Waals surface area (Å²) in [6.45, 7) is 3.12. The molecule has 1 N–H and O–H groups in total. The zero-order valence-electron chi connectivity index (χ0n) is 18.5. The van der Waals surface area contributed by atoms with Crippen molar-refractivity contribution in [2.75, 3.05) is 5.32 Å². The molecule has 1 aromatic carbocycles. The topological polar surface area (TPSA) is 55.6 Å². The molecule has 0 spiro atoms. The standard InChI is InChI=1S/C25H29Cl2N5/c1-2-14-32-23(21-12-13-28-25(30-21)29-18-9-10-18)22(17-8-11-19(26)20(27)15-17)31-24(32)16-6-4-3-5-7-16/h8,11-13,15-16,18H,2-7,9-10,14H2,1H3,(H,28,29,30). The molecular weight excluding hydrogens is 441 g/mol. The Morgan fingerprint density at radius 2 is 1.81 bits per heavy atom. The fourth-order valence-corrected chi connectivity index (χ4v) is 4.97. The van der Waals surface area contributed by atoms with Crippen molar-refractivity contribution in [1.29, 1.82) is 0 Å². The number of nitrogens with one attached hydrogen (secondary N) is 1. The van der Waals surface area contributed by atoms with Gasteiger partial charge in [-0.3, -0.25) is 0 Å². The van der Waals surface area contributed by atoms with Gasteiger partial charge in [-0.2, -0.15) is 0 Å². The van der Waals surface area contributed by atoms with Crippen LogP contribution in [0.25, 0.3) is 22.6 Å². The van der Waals surface area contributed by atoms with Crippen molar-refractivity contribution >= 4 is 29.2 Å². The summed E-state index contributed by atoms with van der Waals surface area (Å²) in [4.78, 5) is 14.6. The van der Waals surface area contributed by atoms with E-state index in [0.717, 1.165) is 35.6 Å². The van der Waals surface area contributed by atoms with Crippen molar-refractivity contribution in [3.63, 3.8) is 0 Å². The predicted molar refractivity (Wildman–Crippen MR) is 131 cm³/mol. The first-order valence-electron chi connectivity index (χ1n) is 11.8. The SMILES string of the molecule is CCCn1c(C2CCCCC2)nc(-c2ccc(Cl)c(Cl)c2)c1-c1ccnc(NC2CC2)n1. The van der Waals surface area contributed by atoms with E-state index >= 15 is 0 Å². The van der Waals surface area contributed by atoms with Crippen LogP contribution in [-0.2, 0) is 6.54 Å². The van der Waals surface area contributed by atoms with Gasteiger partial charge in [0, 0.05) is 30.3 Å². The fraction of sp³-hybridized carbons (Fsp3) is 0.480. The van der Waals surface area contributed by atoms with Crippen LogP contribution in [0.3, 0.4) is 0 Å². The van der Waals surface area contributed by atoms with Crippen LogP contribution < -0.4 is 5.32 Å². The van der Waals surface area contributed by atoms with E-state index in [1.165, 1.54) is 50.8 Å². The summed E-state index contributed by atoms with van der Waals surface area (Å²) in [5, 5.41) is 4.52. The van der Waals surface area contributed by atoms with Crippen LogP contribution in [0.5, 0.6) is 0 Å². The van der Waals surface area contributed by atoms with E-state index in [1.807, 2.05) is 30.5 Å². The summed E-state index contributed by atoms with van der Waals surface area (Å²) < 4.78 is 2.40. The van der Waals surface area contributed by atoms with Gasteiger partial charge in [0.05, 0.1) is 27.1 Å². The third-order valence-electron chi connectivity index (χ3n) is 6.42. The second kappa shape index (κ2) is 9.40. The maximum atomic E-state index is 6.41. The van der Waals surface area contributed by atoms with Gasteiger partial charge in [0.15, 0.2) is 0 Å². The molecular formula is C25H29Cl2N5. The largest absolute Gasteiger partial charge is 0.351 e. The minimum atomic E-state index is 0.483. The molecule has 2 aliphatic rings. The molecule has 0 bridgehead atoms. The smallest absolute Gasteiger partial charge is 0.223 e. The van der Waals surface area contributed by atoms with E-state index in [1.54, 1.807) is 0 Å². The van der Waals surface area contributed by atoms with Crippen LogP contribution in [0.2, 0.25) is 10.0 Å². The highest BCUT2D eigenvalue weighted by atomic mass is 35.5. The Balaban J connectivity index is 1.68. The Hall–Kier alpha value is -2.11. The highest BCUT2D eigenvalue weighted by molar-refractivity contribution is 6.42. The molecule has 2 fully saturated rings. The third-order valence-corrected chi connectivity index (χ3v) is 7.16. The first kappa shape index (κ1) is 21.7. The lowest BCUT2D eigenvalue weighted by Crippen LogP contribution is -2.13. The minimum absolute atomic E-state index is 0.483. The second-order valence-corrected chi connectivity index (χ2v) is 9.78. The Morgan fingerprint density at radius 1 is 1.00 bits per heavy atom. The van der Waals surface area contributed by atoms with Gasteiger partial charge in [0.2, 0.25) is 5.95 Å². The lowest BCUT2D eigenvalue weighted by atomic mass is 9.88. The minimum Gasteiger partial charge on any atom is -0.351 e. The number of aromatic nitrogens is 4. The number of hydrogen-bond acceptors (Lipinski definition) is 4. The first-order valence-corrected chi connectivity index (χ1v) is 12.6. The summed E-state index contributed by atoms with van der Waals surface area (Å²) >= 11 is 12.6. The van der Waals surface area contributed by atoms with E-state index < -0.39 is 0 Å². The highest BCUT2D eigenvalue weighted by Crippen LogP contribution is 2.40. The van der Waals surface area contributed by atoms with Crippen LogP contribution in [0, 0.1) is 0 Å². The van der Waals surface area contributed by atoms with Gasteiger partial charge in [-0.25, -0.2) is 15.0 Å². The van der Waals surface area contributed by atoms with Crippen LogP contribution in [0.1, 0.15) is 70.0 Å². The molecule has 0 unspecified atom stereocenters. The van der Waals surface area contributed by atoms with Crippen LogP contribution in [0.15, 0.2) is 30.5 Å². The lowest BCUT2D eigenvalue weighted by molar-refractivity contribution is 0.415. The van der Waals surface area contributed by atoms with Gasteiger partial charge in [0.1, 0.15) is 5.82 Å². The van der Waals surface area contributed by atoms with Gasteiger partial charge in [0.25, 0.3) is 0 Å². The molecule has 168 valence electrons. The maximum absolute atomic E-state index is 6.41. The summed E-state index contributed by atoms with van der Waals surface area (Å²) in [7, 11) is 0. The molecule has 0 radical (unpaired) electrons. The molecule has 2 saturated carbocycles. The quantitative estimate of drug-likeness (QED) is 0.392. The third kappa shape index (κ3) is 4.51. The van der Waals surface area contributed by atoms with Crippen LogP contribution in [-0.4, -0.2) is 25.6 Å². The summed E-state index contributed by atoms with van der Waals surface area (Å²) in [6.07, 6.45) is 11.5. The molecule has 2 aliphatic carbocycles. The van der Waals surface area contributed by atoms with Gasteiger partial charge >= 0.3 is 0 Å². The maximum Gasteiger partial charge on any atom is 0.223 e. The average molecular weight is 470 g/mol. The van der Waals surface area contributed by atoms with Gasteiger partial charge in [-0.15, -0.1) is 0 Å². The lowest BCUT2D eigenvalue weighted by Gasteiger charge is -2.22. The summed E-state index contributed by atoms with van der Waals surface area (Å²) in [5.74, 6) is 2.35. The molecule has 5 nitrogen and oxygen atoms in total. The number of anilines is 1. The Morgan fingerprint density at radius 3 is 2.53 bits per heavy atom. The Bertz CT molecular complexity index is 1100. The highest BCUT2D eigenvalue weighted by Gasteiger charge is 2.28. The molecule has 0 atom stereocenters. The number of imidazole rings is 1. The van der Waals surface area contributed by atoms with Crippen LogP contribution in [0.4, 0.5) is 5.95 Å². The molecule has 2 heterocycles. The molecule has 0 amide bonds. The number of nitrogens with zero attached hydrogens (tertiary/aromatic N) is 4. The number of halogens is 2. The van der Waals surface area contributed by atoms with E-state index in [4.69, 9.17) is 33.2 Å². The monoisotopic (exact) mass is 469 g/mol. The van der Waals surface area contributed by atoms with Crippen molar-refractivity contribution in [3.8, 4) is 22.6 Å². The van der Waals surface area contributed by atoms with Crippen molar-refractivity contribution < 1.29 is 0 Å². The van der Waals surface area contributed by atoms with Gasteiger partial charge < -0.3 is 9.88 Å². The molecule has 2 aromatic heterocycles. The Labute approximate surface area is 199 Å². The summed E-state index contributed by atoms with van der Waals surface area (Å²) in [6, 6.07) is 8.26. The normalized spacial score (nSPS) is 17.0. The van der Waals surface area contributed by atoms with Crippen molar-refractivity contribution in [2.24, 2.45) is 0 Å².